The van der Waals surface area contributed by atoms with Gasteiger partial charge in [0.1, 0.15) is 24.1 Å². The van der Waals surface area contributed by atoms with E-state index in [1.165, 1.54) is 6.08 Å². The van der Waals surface area contributed by atoms with Gasteiger partial charge in [-0.05, 0) is 51.5 Å². The number of fused-ring (bicyclic) bond motifs is 3. The molecule has 0 N–H and O–H groups in total. The maximum absolute atomic E-state index is 13.4. The third kappa shape index (κ3) is 4.03. The molecule has 1 amide bonds. The van der Waals surface area contributed by atoms with Crippen LogP contribution < -0.4 is 0 Å². The Morgan fingerprint density at radius 3 is 2.37 bits per heavy atom. The Labute approximate surface area is 205 Å². The van der Waals surface area contributed by atoms with Gasteiger partial charge < -0.3 is 33.0 Å². The summed E-state index contributed by atoms with van der Waals surface area (Å²) >= 11 is 0. The number of nitrogens with zero attached hydrogens (tertiary/aromatic N) is 1. The zero-order valence-electron chi connectivity index (χ0n) is 20.8. The SMILES string of the molecule is C=CC(=O)N(Cc1ccccc1)[C@H]1[C@@H]2OC(C)(C)O[C@@H]2[C@]2(OC)OC(C)(C)O[C@@H]2[C@@H]1c1ccco1. The molecule has 1 aliphatic carbocycles. The van der Waals surface area contributed by atoms with Crippen molar-refractivity contribution in [3.63, 3.8) is 0 Å². The van der Waals surface area contributed by atoms with Gasteiger partial charge in [0.2, 0.25) is 11.7 Å². The Morgan fingerprint density at radius 2 is 1.74 bits per heavy atom. The molecule has 0 radical (unpaired) electrons. The quantitative estimate of drug-likeness (QED) is 0.575. The first-order valence-corrected chi connectivity index (χ1v) is 11.9. The lowest BCUT2D eigenvalue weighted by Gasteiger charge is -2.51. The molecule has 1 aromatic heterocycles. The van der Waals surface area contributed by atoms with Crippen LogP contribution in [0.2, 0.25) is 0 Å². The molecule has 3 fully saturated rings. The molecule has 6 atom stereocenters. The third-order valence-corrected chi connectivity index (χ3v) is 6.97. The van der Waals surface area contributed by atoms with Gasteiger partial charge in [0.05, 0.1) is 18.2 Å². The molecule has 8 heteroatoms. The van der Waals surface area contributed by atoms with E-state index in [0.29, 0.717) is 12.3 Å². The van der Waals surface area contributed by atoms with Crippen molar-refractivity contribution in [2.75, 3.05) is 7.11 Å². The number of carbonyl (C=O) groups is 1. The Morgan fingerprint density at radius 1 is 1.03 bits per heavy atom. The van der Waals surface area contributed by atoms with E-state index >= 15 is 0 Å². The lowest BCUT2D eigenvalue weighted by atomic mass is 9.72. The smallest absolute Gasteiger partial charge is 0.246 e. The normalized spacial score (nSPS) is 34.7. The first-order valence-electron chi connectivity index (χ1n) is 11.9. The third-order valence-electron chi connectivity index (χ3n) is 6.97. The van der Waals surface area contributed by atoms with E-state index in [4.69, 9.17) is 28.1 Å². The molecule has 1 saturated carbocycles. The second-order valence-electron chi connectivity index (χ2n) is 10.2. The molecule has 0 bridgehead atoms. The minimum absolute atomic E-state index is 0.231. The van der Waals surface area contributed by atoms with Gasteiger partial charge in [0.15, 0.2) is 11.6 Å². The summed E-state index contributed by atoms with van der Waals surface area (Å²) in [6.45, 7) is 11.5. The molecule has 0 spiro atoms. The minimum Gasteiger partial charge on any atom is -0.469 e. The summed E-state index contributed by atoms with van der Waals surface area (Å²) in [5, 5.41) is 0. The Balaban J connectivity index is 1.69. The average Bonchev–Trinajstić information content (AvgIpc) is 3.52. The lowest BCUT2D eigenvalue weighted by Crippen LogP contribution is -2.69. The molecule has 35 heavy (non-hydrogen) atoms. The van der Waals surface area contributed by atoms with Gasteiger partial charge in [0.25, 0.3) is 0 Å². The van der Waals surface area contributed by atoms with Gasteiger partial charge >= 0.3 is 0 Å². The standard InChI is InChI=1S/C27H33NO7/c1-7-19(29)28(16-17-12-9-8-10-13-17)21-20(18-14-11-15-31-18)23-27(30-6,35-26(4,5)33-23)24-22(21)32-25(2,3)34-24/h7-15,20-24H,1,16H2,2-6H3/t20-,21-,22+,23-,24+,27-/m1/s1. The van der Waals surface area contributed by atoms with Crippen molar-refractivity contribution < 1.29 is 32.9 Å². The number of benzene rings is 1. The summed E-state index contributed by atoms with van der Waals surface area (Å²) in [4.78, 5) is 15.2. The second kappa shape index (κ2) is 8.57. The fourth-order valence-electron chi connectivity index (χ4n) is 5.80. The number of carbonyl (C=O) groups excluding carboxylic acids is 1. The lowest BCUT2D eigenvalue weighted by molar-refractivity contribution is -0.306. The van der Waals surface area contributed by atoms with Crippen LogP contribution in [0.4, 0.5) is 0 Å². The zero-order valence-corrected chi connectivity index (χ0v) is 20.8. The molecular weight excluding hydrogens is 450 g/mol. The molecule has 2 saturated heterocycles. The van der Waals surface area contributed by atoms with Crippen LogP contribution >= 0.6 is 0 Å². The van der Waals surface area contributed by atoms with Crippen molar-refractivity contribution >= 4 is 5.91 Å². The average molecular weight is 484 g/mol. The maximum Gasteiger partial charge on any atom is 0.246 e. The minimum atomic E-state index is -1.27. The molecule has 0 unspecified atom stereocenters. The van der Waals surface area contributed by atoms with Gasteiger partial charge in [0, 0.05) is 13.7 Å². The molecule has 5 rings (SSSR count). The predicted molar refractivity (Wildman–Crippen MR) is 126 cm³/mol. The summed E-state index contributed by atoms with van der Waals surface area (Å²) in [6.07, 6.45) is 1.03. The Kier molecular flexibility index (Phi) is 5.93. The fraction of sp³-hybridized carbons (Fsp3) is 0.519. The van der Waals surface area contributed by atoms with Gasteiger partial charge in [-0.3, -0.25) is 4.79 Å². The molecule has 3 heterocycles. The van der Waals surface area contributed by atoms with E-state index in [-0.39, 0.29) is 5.91 Å². The van der Waals surface area contributed by atoms with Crippen LogP contribution in [0.25, 0.3) is 0 Å². The maximum atomic E-state index is 13.4. The van der Waals surface area contributed by atoms with Crippen LogP contribution in [0.15, 0.2) is 65.8 Å². The van der Waals surface area contributed by atoms with Crippen LogP contribution in [0.3, 0.4) is 0 Å². The molecule has 3 aliphatic rings. The molecule has 1 aromatic carbocycles. The highest BCUT2D eigenvalue weighted by atomic mass is 16.9. The highest BCUT2D eigenvalue weighted by molar-refractivity contribution is 5.87. The molecule has 2 aliphatic heterocycles. The highest BCUT2D eigenvalue weighted by Crippen LogP contribution is 2.57. The van der Waals surface area contributed by atoms with Crippen LogP contribution in [-0.4, -0.2) is 59.6 Å². The summed E-state index contributed by atoms with van der Waals surface area (Å²) in [5.41, 5.74) is 0.975. The van der Waals surface area contributed by atoms with E-state index in [1.807, 2.05) is 70.2 Å². The van der Waals surface area contributed by atoms with Crippen LogP contribution in [0.1, 0.15) is 44.9 Å². The zero-order chi connectivity index (χ0) is 25.0. The number of amides is 1. The first-order chi connectivity index (χ1) is 16.6. The molecule has 188 valence electrons. The highest BCUT2D eigenvalue weighted by Gasteiger charge is 2.73. The summed E-state index contributed by atoms with van der Waals surface area (Å²) in [6, 6.07) is 13.0. The van der Waals surface area contributed by atoms with Crippen molar-refractivity contribution in [3.8, 4) is 0 Å². The van der Waals surface area contributed by atoms with Crippen molar-refractivity contribution in [1.82, 2.24) is 4.90 Å². The number of furan rings is 1. The van der Waals surface area contributed by atoms with Crippen LogP contribution in [-0.2, 0) is 35.0 Å². The van der Waals surface area contributed by atoms with Crippen molar-refractivity contribution in [2.45, 2.75) is 81.9 Å². The number of ether oxygens (including phenoxy) is 5. The topological polar surface area (TPSA) is 79.6 Å². The monoisotopic (exact) mass is 483 g/mol. The number of hydrogen-bond acceptors (Lipinski definition) is 7. The van der Waals surface area contributed by atoms with Gasteiger partial charge in [-0.15, -0.1) is 0 Å². The second-order valence-corrected chi connectivity index (χ2v) is 10.2. The van der Waals surface area contributed by atoms with Crippen LogP contribution in [0, 0.1) is 0 Å². The molecular formula is C27H33NO7. The van der Waals surface area contributed by atoms with E-state index in [2.05, 4.69) is 6.58 Å². The number of rotatable bonds is 6. The summed E-state index contributed by atoms with van der Waals surface area (Å²) in [7, 11) is 1.58. The van der Waals surface area contributed by atoms with E-state index < -0.39 is 47.6 Å². The number of methoxy groups -OCH3 is 1. The summed E-state index contributed by atoms with van der Waals surface area (Å²) < 4.78 is 37.9. The fourth-order valence-corrected chi connectivity index (χ4v) is 5.80. The summed E-state index contributed by atoms with van der Waals surface area (Å²) in [5.74, 6) is -3.24. The van der Waals surface area contributed by atoms with Crippen molar-refractivity contribution in [1.29, 1.82) is 0 Å². The Bertz CT molecular complexity index is 1070. The Hall–Kier alpha value is -2.49. The van der Waals surface area contributed by atoms with Crippen molar-refractivity contribution in [3.05, 3.63) is 72.7 Å². The van der Waals surface area contributed by atoms with E-state index in [0.717, 1.165) is 5.56 Å². The van der Waals surface area contributed by atoms with E-state index in [9.17, 15) is 4.79 Å². The molecule has 2 aromatic rings. The van der Waals surface area contributed by atoms with Crippen LogP contribution in [0.5, 0.6) is 0 Å². The molecule has 8 nitrogen and oxygen atoms in total. The van der Waals surface area contributed by atoms with Gasteiger partial charge in [-0.2, -0.15) is 0 Å². The number of hydrogen-bond donors (Lipinski definition) is 0. The first kappa shape index (κ1) is 24.2. The van der Waals surface area contributed by atoms with Gasteiger partial charge in [-0.1, -0.05) is 36.9 Å². The van der Waals surface area contributed by atoms with Crippen molar-refractivity contribution in [2.24, 2.45) is 0 Å². The largest absolute Gasteiger partial charge is 0.469 e. The predicted octanol–water partition coefficient (Wildman–Crippen LogP) is 3.97. The van der Waals surface area contributed by atoms with E-state index in [1.54, 1.807) is 18.3 Å². The van der Waals surface area contributed by atoms with Gasteiger partial charge in [-0.25, -0.2) is 0 Å².